The molecule has 0 fully saturated rings. The van der Waals surface area contributed by atoms with Gasteiger partial charge >= 0.3 is 0 Å². The third-order valence-electron chi connectivity index (χ3n) is 5.46. The van der Waals surface area contributed by atoms with Gasteiger partial charge in [0.15, 0.2) is 5.78 Å². The molecule has 0 amide bonds. The highest BCUT2D eigenvalue weighted by Gasteiger charge is 2.36. The maximum Gasteiger partial charge on any atom is 0.164 e. The monoisotopic (exact) mass is 420 g/mol. The quantitative estimate of drug-likeness (QED) is 0.165. The second-order valence-electron chi connectivity index (χ2n) is 8.13. The van der Waals surface area contributed by atoms with E-state index in [9.17, 15) is 30.3 Å². The Labute approximate surface area is 175 Å². The van der Waals surface area contributed by atoms with E-state index in [1.807, 2.05) is 0 Å². The lowest BCUT2D eigenvalue weighted by Crippen LogP contribution is -2.51. The molecule has 1 unspecified atom stereocenters. The summed E-state index contributed by atoms with van der Waals surface area (Å²) in [5.74, 6) is -0.606. The Balaban J connectivity index is 3.72. The molecule has 0 aliphatic carbocycles. The highest BCUT2D eigenvalue weighted by atomic mass is 16.4. The van der Waals surface area contributed by atoms with Crippen LogP contribution in [0.4, 0.5) is 0 Å². The van der Waals surface area contributed by atoms with Crippen molar-refractivity contribution >= 4 is 5.78 Å². The van der Waals surface area contributed by atoms with Crippen LogP contribution in [0.15, 0.2) is 0 Å². The molecule has 0 aromatic carbocycles. The van der Waals surface area contributed by atoms with Crippen molar-refractivity contribution < 1.29 is 35.4 Å². The normalized spacial score (nSPS) is 16.9. The lowest BCUT2D eigenvalue weighted by atomic mass is 9.95. The van der Waals surface area contributed by atoms with Crippen molar-refractivity contribution in [2.24, 2.45) is 0 Å². The van der Waals surface area contributed by atoms with Crippen LogP contribution < -0.4 is 0 Å². The van der Waals surface area contributed by atoms with Crippen molar-refractivity contribution in [1.82, 2.24) is 0 Å². The van der Waals surface area contributed by atoms with Gasteiger partial charge in [0, 0.05) is 6.42 Å². The van der Waals surface area contributed by atoms with Gasteiger partial charge in [0.1, 0.15) is 30.5 Å². The smallest absolute Gasteiger partial charge is 0.164 e. The summed E-state index contributed by atoms with van der Waals surface area (Å²) in [6.07, 6.45) is 6.19. The van der Waals surface area contributed by atoms with Crippen LogP contribution in [0, 0.1) is 0 Å². The largest absolute Gasteiger partial charge is 0.394 e. The zero-order chi connectivity index (χ0) is 22.1. The molecule has 0 rings (SSSR count). The van der Waals surface area contributed by atoms with Crippen molar-refractivity contribution in [2.45, 2.75) is 127 Å². The number of rotatable bonds is 20. The number of carbonyl (C=O) groups excluding carboxylic acids is 1. The molecule has 0 radical (unpaired) electrons. The van der Waals surface area contributed by atoms with E-state index in [0.717, 1.165) is 19.3 Å². The summed E-state index contributed by atoms with van der Waals surface area (Å²) in [4.78, 5) is 11.9. The van der Waals surface area contributed by atoms with Crippen LogP contribution in [0.3, 0.4) is 0 Å². The first-order valence-electron chi connectivity index (χ1n) is 11.4. The Bertz CT molecular complexity index is 391. The predicted molar refractivity (Wildman–Crippen MR) is 112 cm³/mol. The van der Waals surface area contributed by atoms with E-state index in [2.05, 4.69) is 6.92 Å². The number of aliphatic hydroxyl groups is 6. The fourth-order valence-corrected chi connectivity index (χ4v) is 3.38. The molecular weight excluding hydrogens is 376 g/mol. The number of Topliss-reactive ketones (excluding diaryl/α,β-unsaturated/α-hetero) is 1. The molecular formula is C22H44O7. The van der Waals surface area contributed by atoms with Gasteiger partial charge in [0.2, 0.25) is 0 Å². The molecule has 0 aromatic heterocycles. The molecule has 0 aliphatic heterocycles. The van der Waals surface area contributed by atoms with Gasteiger partial charge in [-0.3, -0.25) is 4.79 Å². The molecule has 7 heteroatoms. The number of unbranched alkanes of at least 4 members (excludes halogenated alkanes) is 12. The molecule has 0 aliphatic rings. The first-order chi connectivity index (χ1) is 13.9. The second kappa shape index (κ2) is 18.2. The van der Waals surface area contributed by atoms with Crippen LogP contribution in [-0.2, 0) is 4.79 Å². The van der Waals surface area contributed by atoms with E-state index in [0.29, 0.717) is 6.42 Å². The molecule has 0 saturated carbocycles. The van der Waals surface area contributed by atoms with E-state index in [-0.39, 0.29) is 6.42 Å². The average Bonchev–Trinajstić information content (AvgIpc) is 2.73. The van der Waals surface area contributed by atoms with Crippen molar-refractivity contribution in [1.29, 1.82) is 0 Å². The predicted octanol–water partition coefficient (Wildman–Crippen LogP) is 1.83. The average molecular weight is 421 g/mol. The summed E-state index contributed by atoms with van der Waals surface area (Å²) in [7, 11) is 0. The molecule has 0 heterocycles. The fourth-order valence-electron chi connectivity index (χ4n) is 3.38. The summed E-state index contributed by atoms with van der Waals surface area (Å²) in [6, 6.07) is 0. The van der Waals surface area contributed by atoms with Gasteiger partial charge in [-0.25, -0.2) is 0 Å². The van der Waals surface area contributed by atoms with Crippen molar-refractivity contribution in [3.8, 4) is 0 Å². The third-order valence-corrected chi connectivity index (χ3v) is 5.46. The molecule has 0 bridgehead atoms. The first kappa shape index (κ1) is 28.4. The molecule has 174 valence electrons. The maximum atomic E-state index is 11.9. The Kier molecular flexibility index (Phi) is 17.9. The molecule has 0 aromatic rings. The summed E-state index contributed by atoms with van der Waals surface area (Å²) >= 11 is 0. The van der Waals surface area contributed by atoms with Gasteiger partial charge < -0.3 is 30.6 Å². The van der Waals surface area contributed by atoms with E-state index in [1.165, 1.54) is 57.8 Å². The summed E-state index contributed by atoms with van der Waals surface area (Å²) < 4.78 is 0. The third kappa shape index (κ3) is 13.4. The molecule has 0 saturated heterocycles. The highest BCUT2D eigenvalue weighted by molar-refractivity contribution is 5.83. The van der Waals surface area contributed by atoms with E-state index in [1.54, 1.807) is 0 Å². The number of hydrogen-bond donors (Lipinski definition) is 6. The van der Waals surface area contributed by atoms with Crippen LogP contribution in [-0.4, -0.2) is 73.5 Å². The van der Waals surface area contributed by atoms with Gasteiger partial charge in [-0.15, -0.1) is 0 Å². The van der Waals surface area contributed by atoms with E-state index >= 15 is 0 Å². The molecule has 5 atom stereocenters. The van der Waals surface area contributed by atoms with Crippen LogP contribution in [0.2, 0.25) is 0 Å². The van der Waals surface area contributed by atoms with Gasteiger partial charge in [-0.2, -0.15) is 0 Å². The molecule has 7 nitrogen and oxygen atoms in total. The van der Waals surface area contributed by atoms with Crippen molar-refractivity contribution in [2.75, 3.05) is 6.61 Å². The van der Waals surface area contributed by atoms with Gasteiger partial charge in [-0.1, -0.05) is 84.0 Å². The standard InChI is InChI=1S/C22H44O7/c1-2-3-4-5-6-7-8-9-10-11-12-13-14-15-17(24)19(26)21(28)22(29)20(27)18(25)16-23/h18-23,25-29H,2-16H2,1H3/t18-,19?,20+,21-,22+/m0/s1. The lowest BCUT2D eigenvalue weighted by molar-refractivity contribution is -0.155. The summed E-state index contributed by atoms with van der Waals surface area (Å²) in [5, 5.41) is 56.9. The summed E-state index contributed by atoms with van der Waals surface area (Å²) in [5.41, 5.74) is 0. The Morgan fingerprint density at radius 1 is 0.621 bits per heavy atom. The Morgan fingerprint density at radius 2 is 1.03 bits per heavy atom. The van der Waals surface area contributed by atoms with E-state index < -0.39 is 42.9 Å². The Hall–Kier alpha value is -0.570. The maximum absolute atomic E-state index is 11.9. The number of aliphatic hydroxyl groups excluding tert-OH is 6. The van der Waals surface area contributed by atoms with Crippen molar-refractivity contribution in [3.05, 3.63) is 0 Å². The SMILES string of the molecule is CCCCCCCCCCCCCCCC(=O)C(O)[C@H](O)[C@H](O)[C@H](O)[C@@H](O)CO. The minimum absolute atomic E-state index is 0.0847. The molecule has 6 N–H and O–H groups in total. The van der Waals surface area contributed by atoms with Gasteiger partial charge in [0.25, 0.3) is 0 Å². The fraction of sp³-hybridized carbons (Fsp3) is 0.955. The van der Waals surface area contributed by atoms with Crippen LogP contribution in [0.25, 0.3) is 0 Å². The van der Waals surface area contributed by atoms with E-state index in [4.69, 9.17) is 5.11 Å². The Morgan fingerprint density at radius 3 is 1.45 bits per heavy atom. The molecule has 29 heavy (non-hydrogen) atoms. The minimum atomic E-state index is -1.93. The highest BCUT2D eigenvalue weighted by Crippen LogP contribution is 2.15. The van der Waals surface area contributed by atoms with Crippen LogP contribution in [0.1, 0.15) is 96.8 Å². The van der Waals surface area contributed by atoms with Crippen LogP contribution >= 0.6 is 0 Å². The number of hydrogen-bond acceptors (Lipinski definition) is 7. The van der Waals surface area contributed by atoms with Gasteiger partial charge in [0.05, 0.1) is 6.61 Å². The number of carbonyl (C=O) groups is 1. The summed E-state index contributed by atoms with van der Waals surface area (Å²) in [6.45, 7) is 1.41. The lowest BCUT2D eigenvalue weighted by Gasteiger charge is -2.27. The van der Waals surface area contributed by atoms with Crippen molar-refractivity contribution in [3.63, 3.8) is 0 Å². The number of ketones is 1. The second-order valence-corrected chi connectivity index (χ2v) is 8.13. The molecule has 0 spiro atoms. The van der Waals surface area contributed by atoms with Gasteiger partial charge in [-0.05, 0) is 6.42 Å². The topological polar surface area (TPSA) is 138 Å². The zero-order valence-electron chi connectivity index (χ0n) is 18.1. The zero-order valence-corrected chi connectivity index (χ0v) is 18.1. The first-order valence-corrected chi connectivity index (χ1v) is 11.4. The minimum Gasteiger partial charge on any atom is -0.394 e. The van der Waals surface area contributed by atoms with Crippen LogP contribution in [0.5, 0.6) is 0 Å².